The quantitative estimate of drug-likeness (QED) is 0.624. The molecule has 1 fully saturated rings. The highest BCUT2D eigenvalue weighted by atomic mass is 16.5. The SMILES string of the molecule is CCCCC1OCCCC1=O. The lowest BCUT2D eigenvalue weighted by Crippen LogP contribution is -2.29. The van der Waals surface area contributed by atoms with Gasteiger partial charge in [-0.1, -0.05) is 19.8 Å². The fraction of sp³-hybridized carbons (Fsp3) is 0.889. The Hall–Kier alpha value is -0.370. The van der Waals surface area contributed by atoms with Crippen LogP contribution in [0.2, 0.25) is 0 Å². The summed E-state index contributed by atoms with van der Waals surface area (Å²) in [7, 11) is 0. The van der Waals surface area contributed by atoms with Gasteiger partial charge in [-0.2, -0.15) is 0 Å². The molecule has 1 heterocycles. The van der Waals surface area contributed by atoms with Crippen LogP contribution in [0.5, 0.6) is 0 Å². The molecule has 0 radical (unpaired) electrons. The van der Waals surface area contributed by atoms with Gasteiger partial charge in [0.05, 0.1) is 0 Å². The van der Waals surface area contributed by atoms with Gasteiger partial charge in [0, 0.05) is 13.0 Å². The zero-order chi connectivity index (χ0) is 8.10. The van der Waals surface area contributed by atoms with Crippen LogP contribution in [0.15, 0.2) is 0 Å². The minimum Gasteiger partial charge on any atom is -0.370 e. The lowest BCUT2D eigenvalue weighted by Gasteiger charge is -2.20. The summed E-state index contributed by atoms with van der Waals surface area (Å²) in [5.41, 5.74) is 0. The first-order valence-electron chi connectivity index (χ1n) is 4.49. The molecule has 0 saturated carbocycles. The van der Waals surface area contributed by atoms with Crippen LogP contribution in [0.25, 0.3) is 0 Å². The monoisotopic (exact) mass is 156 g/mol. The molecular weight excluding hydrogens is 140 g/mol. The molecule has 0 N–H and O–H groups in total. The summed E-state index contributed by atoms with van der Waals surface area (Å²) in [6, 6.07) is 0. The van der Waals surface area contributed by atoms with E-state index < -0.39 is 0 Å². The van der Waals surface area contributed by atoms with Gasteiger partial charge < -0.3 is 4.74 Å². The Morgan fingerprint density at radius 1 is 1.64 bits per heavy atom. The molecule has 1 saturated heterocycles. The Bertz CT molecular complexity index is 132. The maximum atomic E-state index is 11.2. The summed E-state index contributed by atoms with van der Waals surface area (Å²) in [6.45, 7) is 2.91. The van der Waals surface area contributed by atoms with Crippen molar-refractivity contribution >= 4 is 5.78 Å². The minimum atomic E-state index is -0.0660. The number of carbonyl (C=O) groups is 1. The van der Waals surface area contributed by atoms with Gasteiger partial charge in [0.25, 0.3) is 0 Å². The average molecular weight is 156 g/mol. The van der Waals surface area contributed by atoms with Crippen molar-refractivity contribution in [3.8, 4) is 0 Å². The number of rotatable bonds is 3. The van der Waals surface area contributed by atoms with Crippen molar-refractivity contribution in [1.29, 1.82) is 0 Å². The summed E-state index contributed by atoms with van der Waals surface area (Å²) < 4.78 is 5.34. The van der Waals surface area contributed by atoms with Gasteiger partial charge in [-0.15, -0.1) is 0 Å². The second kappa shape index (κ2) is 4.50. The third-order valence-electron chi connectivity index (χ3n) is 2.07. The summed E-state index contributed by atoms with van der Waals surface area (Å²) >= 11 is 0. The van der Waals surface area contributed by atoms with Gasteiger partial charge in [-0.05, 0) is 12.8 Å². The van der Waals surface area contributed by atoms with Gasteiger partial charge in [-0.3, -0.25) is 4.79 Å². The zero-order valence-corrected chi connectivity index (χ0v) is 7.14. The first-order chi connectivity index (χ1) is 5.34. The van der Waals surface area contributed by atoms with E-state index in [2.05, 4.69) is 6.92 Å². The average Bonchev–Trinajstić information content (AvgIpc) is 2.03. The summed E-state index contributed by atoms with van der Waals surface area (Å²) in [5, 5.41) is 0. The van der Waals surface area contributed by atoms with Gasteiger partial charge >= 0.3 is 0 Å². The van der Waals surface area contributed by atoms with E-state index in [1.807, 2.05) is 0 Å². The smallest absolute Gasteiger partial charge is 0.161 e. The molecule has 1 unspecified atom stereocenters. The number of hydrogen-bond donors (Lipinski definition) is 0. The Labute approximate surface area is 67.9 Å². The Kier molecular flexibility index (Phi) is 3.57. The second-order valence-electron chi connectivity index (χ2n) is 3.07. The maximum Gasteiger partial charge on any atom is 0.161 e. The Balaban J connectivity index is 2.24. The number of Topliss-reactive ketones (excluding diaryl/α,β-unsaturated/α-hetero) is 1. The number of unbranched alkanes of at least 4 members (excludes halogenated alkanes) is 1. The van der Waals surface area contributed by atoms with Crippen molar-refractivity contribution in [1.82, 2.24) is 0 Å². The van der Waals surface area contributed by atoms with Crippen LogP contribution < -0.4 is 0 Å². The predicted octanol–water partition coefficient (Wildman–Crippen LogP) is 1.92. The molecule has 0 aromatic rings. The number of carbonyl (C=O) groups excluding carboxylic acids is 1. The highest BCUT2D eigenvalue weighted by Crippen LogP contribution is 2.14. The fourth-order valence-electron chi connectivity index (χ4n) is 1.36. The van der Waals surface area contributed by atoms with Crippen LogP contribution in [-0.4, -0.2) is 18.5 Å². The number of ketones is 1. The first kappa shape index (κ1) is 8.72. The summed E-state index contributed by atoms with van der Waals surface area (Å²) in [4.78, 5) is 11.2. The predicted molar refractivity (Wildman–Crippen MR) is 43.5 cm³/mol. The van der Waals surface area contributed by atoms with E-state index in [1.165, 1.54) is 0 Å². The van der Waals surface area contributed by atoms with Gasteiger partial charge in [0.1, 0.15) is 6.10 Å². The molecule has 2 heteroatoms. The van der Waals surface area contributed by atoms with Crippen LogP contribution in [0.4, 0.5) is 0 Å². The van der Waals surface area contributed by atoms with E-state index in [0.717, 1.165) is 38.7 Å². The van der Waals surface area contributed by atoms with E-state index in [-0.39, 0.29) is 6.10 Å². The molecule has 0 aliphatic carbocycles. The standard InChI is InChI=1S/C9H16O2/c1-2-3-6-9-8(10)5-4-7-11-9/h9H,2-7H2,1H3. The molecule has 1 aliphatic rings. The third kappa shape index (κ3) is 2.62. The normalized spacial score (nSPS) is 25.5. The van der Waals surface area contributed by atoms with Crippen LogP contribution >= 0.6 is 0 Å². The van der Waals surface area contributed by atoms with Crippen LogP contribution in [0, 0.1) is 0 Å². The third-order valence-corrected chi connectivity index (χ3v) is 2.07. The van der Waals surface area contributed by atoms with E-state index in [9.17, 15) is 4.79 Å². The van der Waals surface area contributed by atoms with Crippen molar-refractivity contribution in [3.05, 3.63) is 0 Å². The van der Waals surface area contributed by atoms with E-state index in [4.69, 9.17) is 4.74 Å². The molecule has 0 aromatic heterocycles. The molecule has 0 bridgehead atoms. The van der Waals surface area contributed by atoms with Crippen molar-refractivity contribution in [3.63, 3.8) is 0 Å². The molecule has 0 aromatic carbocycles. The molecular formula is C9H16O2. The Morgan fingerprint density at radius 3 is 3.09 bits per heavy atom. The van der Waals surface area contributed by atoms with Crippen LogP contribution in [-0.2, 0) is 9.53 Å². The van der Waals surface area contributed by atoms with Crippen LogP contribution in [0.3, 0.4) is 0 Å². The Morgan fingerprint density at radius 2 is 2.45 bits per heavy atom. The molecule has 0 amide bonds. The van der Waals surface area contributed by atoms with E-state index in [1.54, 1.807) is 0 Å². The topological polar surface area (TPSA) is 26.3 Å². The first-order valence-corrected chi connectivity index (χ1v) is 4.49. The highest BCUT2D eigenvalue weighted by Gasteiger charge is 2.21. The highest BCUT2D eigenvalue weighted by molar-refractivity contribution is 5.83. The van der Waals surface area contributed by atoms with Crippen LogP contribution in [0.1, 0.15) is 39.0 Å². The van der Waals surface area contributed by atoms with Gasteiger partial charge in [0.2, 0.25) is 0 Å². The molecule has 2 nitrogen and oxygen atoms in total. The minimum absolute atomic E-state index is 0.0660. The fourth-order valence-corrected chi connectivity index (χ4v) is 1.36. The van der Waals surface area contributed by atoms with Crippen molar-refractivity contribution in [2.45, 2.75) is 45.1 Å². The zero-order valence-electron chi connectivity index (χ0n) is 7.14. The van der Waals surface area contributed by atoms with Crippen molar-refractivity contribution in [2.24, 2.45) is 0 Å². The molecule has 64 valence electrons. The largest absolute Gasteiger partial charge is 0.370 e. The summed E-state index contributed by atoms with van der Waals surface area (Å²) in [6.07, 6.45) is 4.76. The molecule has 1 atom stereocenters. The number of hydrogen-bond acceptors (Lipinski definition) is 2. The molecule has 1 aliphatic heterocycles. The molecule has 11 heavy (non-hydrogen) atoms. The van der Waals surface area contributed by atoms with Gasteiger partial charge in [0.15, 0.2) is 5.78 Å². The summed E-state index contributed by atoms with van der Waals surface area (Å²) in [5.74, 6) is 0.310. The van der Waals surface area contributed by atoms with Crippen molar-refractivity contribution in [2.75, 3.05) is 6.61 Å². The van der Waals surface area contributed by atoms with Gasteiger partial charge in [-0.25, -0.2) is 0 Å². The number of ether oxygens (including phenoxy) is 1. The van der Waals surface area contributed by atoms with E-state index >= 15 is 0 Å². The lowest BCUT2D eigenvalue weighted by atomic mass is 10.0. The molecule has 0 spiro atoms. The second-order valence-corrected chi connectivity index (χ2v) is 3.07. The molecule has 1 rings (SSSR count). The van der Waals surface area contributed by atoms with Crippen molar-refractivity contribution < 1.29 is 9.53 Å². The lowest BCUT2D eigenvalue weighted by molar-refractivity contribution is -0.136. The van der Waals surface area contributed by atoms with E-state index in [0.29, 0.717) is 5.78 Å². The maximum absolute atomic E-state index is 11.2.